The molecular formula is C8H18ClN. The Morgan fingerprint density at radius 2 is 1.60 bits per heavy atom. The summed E-state index contributed by atoms with van der Waals surface area (Å²) < 4.78 is 0. The number of halogens is 1. The van der Waals surface area contributed by atoms with Crippen LogP contribution in [0.2, 0.25) is 0 Å². The van der Waals surface area contributed by atoms with Crippen molar-refractivity contribution in [2.24, 2.45) is 5.92 Å². The lowest BCUT2D eigenvalue weighted by Gasteiger charge is -2.04. The molecule has 0 unspecified atom stereocenters. The highest BCUT2D eigenvalue weighted by Gasteiger charge is 2.11. The van der Waals surface area contributed by atoms with Crippen LogP contribution in [-0.2, 0) is 0 Å². The average molecular weight is 164 g/mol. The Bertz CT molecular complexity index is 100. The van der Waals surface area contributed by atoms with E-state index in [1.165, 1.54) is 0 Å². The molecule has 0 saturated heterocycles. The number of nitrogens with one attached hydrogen (secondary N) is 1. The summed E-state index contributed by atoms with van der Waals surface area (Å²) in [5.41, 5.74) is 0.226. The molecule has 0 radical (unpaired) electrons. The highest BCUT2D eigenvalue weighted by molar-refractivity contribution is 5.52. The smallest absolute Gasteiger partial charge is 0.151 e. The minimum absolute atomic E-state index is 0. The Kier molecular flexibility index (Phi) is 5.96. The predicted octanol–water partition coefficient (Wildman–Crippen LogP) is -2.40. The fraction of sp³-hybridized carbons (Fsp3) is 0.875. The molecule has 0 bridgehead atoms. The first-order chi connectivity index (χ1) is 3.92. The summed E-state index contributed by atoms with van der Waals surface area (Å²) in [4.78, 5) is 3.30. The first kappa shape index (κ1) is 12.6. The monoisotopic (exact) mass is 163 g/mol. The zero-order valence-corrected chi connectivity index (χ0v) is 8.29. The molecule has 10 heavy (non-hydrogen) atoms. The van der Waals surface area contributed by atoms with Crippen LogP contribution in [0.5, 0.6) is 0 Å². The van der Waals surface area contributed by atoms with Gasteiger partial charge in [0.25, 0.3) is 0 Å². The van der Waals surface area contributed by atoms with E-state index in [-0.39, 0.29) is 17.9 Å². The molecule has 1 nitrogen and oxygen atoms in total. The van der Waals surface area contributed by atoms with E-state index in [1.807, 2.05) is 0 Å². The second-order valence-corrected chi connectivity index (χ2v) is 3.81. The van der Waals surface area contributed by atoms with Crippen molar-refractivity contribution < 1.29 is 17.4 Å². The molecule has 0 aromatic carbocycles. The summed E-state index contributed by atoms with van der Waals surface area (Å²) in [7, 11) is 0. The maximum Gasteiger partial charge on any atom is 0.151 e. The molecule has 0 aliphatic carbocycles. The summed E-state index contributed by atoms with van der Waals surface area (Å²) in [5.74, 6) is 0.629. The van der Waals surface area contributed by atoms with Gasteiger partial charge in [-0.3, -0.25) is 0 Å². The lowest BCUT2D eigenvalue weighted by molar-refractivity contribution is -0.536. The molecule has 0 aliphatic rings. The molecule has 62 valence electrons. The summed E-state index contributed by atoms with van der Waals surface area (Å²) >= 11 is 0. The zero-order valence-electron chi connectivity index (χ0n) is 7.53. The van der Waals surface area contributed by atoms with Gasteiger partial charge in [0.15, 0.2) is 5.54 Å². The van der Waals surface area contributed by atoms with Gasteiger partial charge in [0.1, 0.15) is 6.21 Å². The Balaban J connectivity index is 0. The minimum atomic E-state index is 0. The van der Waals surface area contributed by atoms with E-state index in [0.717, 1.165) is 0 Å². The van der Waals surface area contributed by atoms with Gasteiger partial charge in [0, 0.05) is 5.92 Å². The van der Waals surface area contributed by atoms with Crippen LogP contribution in [0.3, 0.4) is 0 Å². The Morgan fingerprint density at radius 1 is 1.20 bits per heavy atom. The lowest BCUT2D eigenvalue weighted by atomic mass is 10.1. The largest absolute Gasteiger partial charge is 1.00 e. The molecule has 2 heteroatoms. The summed E-state index contributed by atoms with van der Waals surface area (Å²) in [6.45, 7) is 10.8. The van der Waals surface area contributed by atoms with Gasteiger partial charge in [-0.1, -0.05) is 13.8 Å². The third kappa shape index (κ3) is 10.9. The molecule has 0 heterocycles. The molecule has 0 aromatic rings. The van der Waals surface area contributed by atoms with Gasteiger partial charge < -0.3 is 12.4 Å². The molecule has 0 saturated carbocycles. The molecule has 0 amide bonds. The predicted molar refractivity (Wildman–Crippen MR) is 41.6 cm³/mol. The van der Waals surface area contributed by atoms with Crippen molar-refractivity contribution in [2.75, 3.05) is 0 Å². The van der Waals surface area contributed by atoms with Gasteiger partial charge >= 0.3 is 0 Å². The zero-order chi connectivity index (χ0) is 7.49. The number of hydrogen-bond acceptors (Lipinski definition) is 0. The van der Waals surface area contributed by atoms with Crippen molar-refractivity contribution in [1.82, 2.24) is 0 Å². The first-order valence-corrected chi connectivity index (χ1v) is 3.53. The quantitative estimate of drug-likeness (QED) is 0.415. The van der Waals surface area contributed by atoms with E-state index in [2.05, 4.69) is 45.8 Å². The van der Waals surface area contributed by atoms with E-state index in [1.54, 1.807) is 0 Å². The van der Waals surface area contributed by atoms with Crippen LogP contribution in [0.15, 0.2) is 0 Å². The second-order valence-electron chi connectivity index (χ2n) is 3.81. The molecule has 0 aromatic heterocycles. The highest BCUT2D eigenvalue weighted by atomic mass is 35.5. The summed E-state index contributed by atoms with van der Waals surface area (Å²) in [5, 5.41) is 0. The van der Waals surface area contributed by atoms with Gasteiger partial charge in [-0.2, -0.15) is 0 Å². The fourth-order valence-corrected chi connectivity index (χ4v) is 0.417. The topological polar surface area (TPSA) is 14.0 Å². The molecule has 1 N–H and O–H groups in total. The average Bonchev–Trinajstić information content (AvgIpc) is 1.59. The van der Waals surface area contributed by atoms with Crippen molar-refractivity contribution in [1.29, 1.82) is 0 Å². The fourth-order valence-electron chi connectivity index (χ4n) is 0.417. The molecule has 0 rings (SSSR count). The van der Waals surface area contributed by atoms with Gasteiger partial charge in [-0.25, -0.2) is 4.99 Å². The second kappa shape index (κ2) is 4.73. The Morgan fingerprint density at radius 3 is 1.70 bits per heavy atom. The molecule has 0 spiro atoms. The minimum Gasteiger partial charge on any atom is -1.00 e. The van der Waals surface area contributed by atoms with Gasteiger partial charge in [-0.15, -0.1) is 0 Å². The molecule has 0 atom stereocenters. The van der Waals surface area contributed by atoms with Crippen molar-refractivity contribution >= 4 is 6.21 Å². The Labute approximate surface area is 70.3 Å². The third-order valence-electron chi connectivity index (χ3n) is 0.850. The molecular weight excluding hydrogens is 146 g/mol. The van der Waals surface area contributed by atoms with Crippen molar-refractivity contribution in [3.63, 3.8) is 0 Å². The number of rotatable bonds is 1. The van der Waals surface area contributed by atoms with Crippen LogP contribution < -0.4 is 17.4 Å². The van der Waals surface area contributed by atoms with Gasteiger partial charge in [-0.05, 0) is 20.8 Å². The normalized spacial score (nSPS) is 12.2. The standard InChI is InChI=1S/C8H17N.ClH/c1-7(2)6-9-8(3,4)5;/h6-7H,1-5H3;1H. The lowest BCUT2D eigenvalue weighted by Crippen LogP contribution is -3.00. The van der Waals surface area contributed by atoms with Crippen LogP contribution in [0.25, 0.3) is 0 Å². The van der Waals surface area contributed by atoms with Crippen molar-refractivity contribution in [2.45, 2.75) is 40.2 Å². The third-order valence-corrected chi connectivity index (χ3v) is 0.850. The van der Waals surface area contributed by atoms with E-state index < -0.39 is 0 Å². The number of hydrogen-bond donors (Lipinski definition) is 1. The first-order valence-electron chi connectivity index (χ1n) is 3.53. The van der Waals surface area contributed by atoms with Crippen molar-refractivity contribution in [3.05, 3.63) is 0 Å². The van der Waals surface area contributed by atoms with Crippen LogP contribution in [0.4, 0.5) is 0 Å². The van der Waals surface area contributed by atoms with Crippen LogP contribution in [-0.4, -0.2) is 11.8 Å². The molecule has 0 fully saturated rings. The van der Waals surface area contributed by atoms with E-state index in [4.69, 9.17) is 0 Å². The Hall–Kier alpha value is -0.0400. The maximum absolute atomic E-state index is 3.30. The van der Waals surface area contributed by atoms with E-state index in [0.29, 0.717) is 5.92 Å². The van der Waals surface area contributed by atoms with Crippen molar-refractivity contribution in [3.8, 4) is 0 Å². The SMILES string of the molecule is CC(C)C=[NH+]C(C)(C)C.[Cl-]. The van der Waals surface area contributed by atoms with Gasteiger partial charge in [0.05, 0.1) is 0 Å². The van der Waals surface area contributed by atoms with E-state index >= 15 is 0 Å². The van der Waals surface area contributed by atoms with Crippen LogP contribution in [0.1, 0.15) is 34.6 Å². The van der Waals surface area contributed by atoms with Crippen LogP contribution in [0, 0.1) is 5.92 Å². The summed E-state index contributed by atoms with van der Waals surface area (Å²) in [6.07, 6.45) is 2.12. The van der Waals surface area contributed by atoms with Gasteiger partial charge in [0.2, 0.25) is 0 Å². The maximum atomic E-state index is 3.30. The van der Waals surface area contributed by atoms with E-state index in [9.17, 15) is 0 Å². The highest BCUT2D eigenvalue weighted by Crippen LogP contribution is 1.87. The molecule has 0 aliphatic heterocycles. The summed E-state index contributed by atoms with van der Waals surface area (Å²) in [6, 6.07) is 0. The van der Waals surface area contributed by atoms with Crippen LogP contribution >= 0.6 is 0 Å².